The van der Waals surface area contributed by atoms with E-state index >= 15 is 0 Å². The average molecular weight is 1080 g/mol. The Morgan fingerprint density at radius 3 is 1.73 bits per heavy atom. The summed E-state index contributed by atoms with van der Waals surface area (Å²) in [6.45, 7) is -3.23. The van der Waals surface area contributed by atoms with Gasteiger partial charge < -0.3 is 119 Å². The third kappa shape index (κ3) is 16.0. The van der Waals surface area contributed by atoms with E-state index in [-0.39, 0.29) is 64.5 Å². The first kappa shape index (κ1) is 61.2. The third-order valence-electron chi connectivity index (χ3n) is 12.7. The topological polar surface area (TPSA) is 467 Å². The van der Waals surface area contributed by atoms with E-state index in [2.05, 4.69) is 5.32 Å². The van der Waals surface area contributed by atoms with Gasteiger partial charge in [-0.3, -0.25) is 24.0 Å². The van der Waals surface area contributed by atoms with Crippen molar-refractivity contribution >= 4 is 35.4 Å². The van der Waals surface area contributed by atoms with Crippen molar-refractivity contribution in [3.8, 4) is 0 Å². The van der Waals surface area contributed by atoms with Crippen LogP contribution in [-0.4, -0.2) is 287 Å². The van der Waals surface area contributed by atoms with Gasteiger partial charge in [0.1, 0.15) is 91.6 Å². The summed E-state index contributed by atoms with van der Waals surface area (Å²) in [5.74, 6) is -4.31. The van der Waals surface area contributed by atoms with Crippen molar-refractivity contribution in [2.24, 2.45) is 0 Å². The molecule has 74 heavy (non-hydrogen) atoms. The predicted octanol–water partition coefficient (Wildman–Crippen LogP) is -9.24. The summed E-state index contributed by atoms with van der Waals surface area (Å²) >= 11 is 0. The monoisotopic (exact) mass is 1080 g/mol. The van der Waals surface area contributed by atoms with E-state index < -0.39 is 198 Å². The first-order valence-corrected chi connectivity index (χ1v) is 24.0. The van der Waals surface area contributed by atoms with Crippen molar-refractivity contribution < 1.29 is 138 Å². The lowest BCUT2D eigenvalue weighted by Crippen LogP contribution is -2.65. The Morgan fingerprint density at radius 2 is 1.11 bits per heavy atom. The van der Waals surface area contributed by atoms with Crippen LogP contribution in [-0.2, 0) is 71.5 Å². The fraction of sp³-hybridized carbons (Fsp3) is 0.860. The van der Waals surface area contributed by atoms with Gasteiger partial charge in [-0.15, -0.1) is 5.06 Å². The number of hydrogen-bond acceptors (Lipinski definition) is 28. The second-order valence-corrected chi connectivity index (χ2v) is 18.3. The summed E-state index contributed by atoms with van der Waals surface area (Å²) in [4.78, 5) is 81.5. The first-order chi connectivity index (χ1) is 35.1. The molecule has 5 heterocycles. The van der Waals surface area contributed by atoms with Crippen molar-refractivity contribution in [1.82, 2.24) is 15.3 Å². The number of Topliss-reactive ketones (excluding diaryl/α,β-unsaturated/α-hetero) is 1. The molecular formula is C43H69N3O28. The zero-order valence-electron chi connectivity index (χ0n) is 40.2. The van der Waals surface area contributed by atoms with Gasteiger partial charge in [0.25, 0.3) is 11.8 Å². The minimum absolute atomic E-state index is 0.0371. The van der Waals surface area contributed by atoms with Crippen molar-refractivity contribution in [3.63, 3.8) is 0 Å². The lowest BCUT2D eigenvalue weighted by atomic mass is 9.96. The van der Waals surface area contributed by atoms with Gasteiger partial charge in [-0.05, 0) is 26.2 Å². The molecule has 31 heteroatoms. The highest BCUT2D eigenvalue weighted by atomic mass is 16.8. The molecule has 4 amide bonds. The van der Waals surface area contributed by atoms with Gasteiger partial charge in [-0.2, -0.15) is 0 Å². The summed E-state index contributed by atoms with van der Waals surface area (Å²) in [6.07, 6.45) is -34.4. The van der Waals surface area contributed by atoms with E-state index in [9.17, 15) is 95.2 Å². The molecule has 5 saturated heterocycles. The van der Waals surface area contributed by atoms with E-state index in [1.807, 2.05) is 0 Å². The Labute approximate surface area is 421 Å². The van der Waals surface area contributed by atoms with Gasteiger partial charge in [0.15, 0.2) is 30.9 Å². The van der Waals surface area contributed by atoms with E-state index in [4.69, 9.17) is 42.7 Å². The number of carbonyl (C=O) groups is 6. The van der Waals surface area contributed by atoms with Crippen LogP contribution < -0.4 is 5.32 Å². The number of ether oxygens (including phenoxy) is 8. The second kappa shape index (κ2) is 28.7. The largest absolute Gasteiger partial charge is 0.394 e. The summed E-state index contributed by atoms with van der Waals surface area (Å²) in [5, 5.41) is 137. The molecule has 424 valence electrons. The molecule has 0 aliphatic carbocycles. The summed E-state index contributed by atoms with van der Waals surface area (Å²) in [5.41, 5.74) is 0. The van der Waals surface area contributed by atoms with Crippen LogP contribution in [0.5, 0.6) is 0 Å². The van der Waals surface area contributed by atoms with Crippen molar-refractivity contribution in [1.29, 1.82) is 0 Å². The Hall–Kier alpha value is -3.62. The lowest BCUT2D eigenvalue weighted by Gasteiger charge is -2.46. The number of nitrogens with zero attached hydrogens (tertiary/aromatic N) is 2. The number of rotatable bonds is 26. The Bertz CT molecular complexity index is 1830. The molecule has 0 radical (unpaired) electrons. The second-order valence-electron chi connectivity index (χ2n) is 18.3. The van der Waals surface area contributed by atoms with Crippen molar-refractivity contribution in [2.75, 3.05) is 52.7 Å². The van der Waals surface area contributed by atoms with Gasteiger partial charge in [-0.1, -0.05) is 0 Å². The van der Waals surface area contributed by atoms with Gasteiger partial charge in [0.2, 0.25) is 11.8 Å². The fourth-order valence-corrected chi connectivity index (χ4v) is 8.32. The molecule has 31 nitrogen and oxygen atoms in total. The molecule has 0 bridgehead atoms. The number of ketones is 1. The molecule has 5 rings (SSSR count). The minimum atomic E-state index is -2.00. The van der Waals surface area contributed by atoms with E-state index in [1.165, 1.54) is 6.92 Å². The van der Waals surface area contributed by atoms with Crippen LogP contribution in [0, 0.1) is 0 Å². The van der Waals surface area contributed by atoms with E-state index in [0.29, 0.717) is 5.06 Å². The minimum Gasteiger partial charge on any atom is -0.394 e. The van der Waals surface area contributed by atoms with Crippen molar-refractivity contribution in [2.45, 2.75) is 181 Å². The fourth-order valence-electron chi connectivity index (χ4n) is 8.32. The third-order valence-corrected chi connectivity index (χ3v) is 12.7. The van der Waals surface area contributed by atoms with Crippen molar-refractivity contribution in [3.05, 3.63) is 0 Å². The van der Waals surface area contributed by atoms with Crippen LogP contribution in [0.4, 0.5) is 0 Å². The Balaban J connectivity index is 1.18. The van der Waals surface area contributed by atoms with Gasteiger partial charge in [0.05, 0.1) is 52.2 Å². The van der Waals surface area contributed by atoms with Crippen LogP contribution >= 0.6 is 0 Å². The molecule has 0 aromatic carbocycles. The molecule has 14 N–H and O–H groups in total. The average Bonchev–Trinajstić information content (AvgIpc) is 3.69. The number of aliphatic hydroxyl groups is 13. The number of carbonyl (C=O) groups excluding carboxylic acids is 6. The summed E-state index contributed by atoms with van der Waals surface area (Å²) in [6, 6.07) is 0. The molecule has 20 atom stereocenters. The smallest absolute Gasteiger partial charge is 0.333 e. The maximum absolute atomic E-state index is 13.4. The Kier molecular flexibility index (Phi) is 23.7. The number of nitrogens with one attached hydrogen (secondary N) is 1. The number of hydrogen-bond donors (Lipinski definition) is 14. The number of imide groups is 1. The summed E-state index contributed by atoms with van der Waals surface area (Å²) in [7, 11) is 0. The molecule has 5 fully saturated rings. The van der Waals surface area contributed by atoms with Gasteiger partial charge in [-0.25, -0.2) is 4.79 Å². The SMILES string of the molecule is C[C@@H]1O[C@@H](OCCCC(=O)CN(CC(=O)NCCO[C@H]2O[C@H](CO[C@H]3O[C@H](CO)[C@@H](O)[C@H](O)[C@@H]3O)[C@@H](O)[C@H](O[C@H]3O[C@H](CO)[C@@H](O)[C@H](O)[C@@H]3O)[C@@H]2O)C(=O)CCCCC(=O)ON2C(=O)CCC2=O)[C@@H](O)[C@H](O)[C@@H]1O. The molecular weight excluding hydrogens is 1010 g/mol. The highest BCUT2D eigenvalue weighted by Crippen LogP contribution is 2.31. The molecule has 0 aromatic rings. The molecule has 0 unspecified atom stereocenters. The van der Waals surface area contributed by atoms with E-state index in [1.54, 1.807) is 0 Å². The standard InChI is InChI=1S/C43H69N3O28/c1-18-28(55)32(59)35(62)40(69-18)66-11-4-5-19(49)13-45(24(51)6-2-3-7-27(54)74-46-25(52)8-9-26(46)53)14-23(50)44-10-12-67-42-38(65)39(73-43-37(64)34(61)30(57)21(16-48)71-43)31(58)22(72-42)17-68-41-36(63)33(60)29(56)20(15-47)70-41/h18,20-22,28-43,47-48,55-65H,2-17H2,1H3,(H,44,50)/t18-,20+,21+,22+,28+,29+,30+,31+,32+,33-,34-,35-,36-,37-,38-,39-,40+,41-,42-,43+/m0/s1. The lowest BCUT2D eigenvalue weighted by molar-refractivity contribution is -0.366. The number of unbranched alkanes of at least 4 members (excludes halogenated alkanes) is 1. The van der Waals surface area contributed by atoms with Crippen LogP contribution in [0.25, 0.3) is 0 Å². The molecule has 5 aliphatic rings. The maximum Gasteiger partial charge on any atom is 0.333 e. The van der Waals surface area contributed by atoms with Gasteiger partial charge in [0, 0.05) is 38.6 Å². The molecule has 0 aromatic heterocycles. The highest BCUT2D eigenvalue weighted by Gasteiger charge is 2.52. The maximum atomic E-state index is 13.4. The quantitative estimate of drug-likeness (QED) is 0.0282. The first-order valence-electron chi connectivity index (χ1n) is 24.0. The zero-order chi connectivity index (χ0) is 54.6. The normalized spacial score (nSPS) is 37.7. The number of aliphatic hydroxyl groups excluding tert-OH is 13. The number of amides is 4. The number of hydroxylamine groups is 2. The van der Waals surface area contributed by atoms with Crippen LogP contribution in [0.15, 0.2) is 0 Å². The molecule has 0 saturated carbocycles. The van der Waals surface area contributed by atoms with Crippen LogP contribution in [0.2, 0.25) is 0 Å². The molecule has 0 spiro atoms. The highest BCUT2D eigenvalue weighted by molar-refractivity contribution is 6.01. The van der Waals surface area contributed by atoms with Crippen LogP contribution in [0.3, 0.4) is 0 Å². The zero-order valence-corrected chi connectivity index (χ0v) is 40.2. The van der Waals surface area contributed by atoms with Crippen LogP contribution in [0.1, 0.15) is 58.3 Å². The Morgan fingerprint density at radius 1 is 0.581 bits per heavy atom. The molecule has 5 aliphatic heterocycles. The summed E-state index contributed by atoms with van der Waals surface area (Å²) < 4.78 is 44.2. The predicted molar refractivity (Wildman–Crippen MR) is 233 cm³/mol. The van der Waals surface area contributed by atoms with E-state index in [0.717, 1.165) is 4.90 Å². The van der Waals surface area contributed by atoms with Gasteiger partial charge >= 0.3 is 5.97 Å².